The summed E-state index contributed by atoms with van der Waals surface area (Å²) in [5.41, 5.74) is 0.395. The number of benzene rings is 1. The Balaban J connectivity index is 2.12. The van der Waals surface area contributed by atoms with Gasteiger partial charge in [-0.3, -0.25) is 4.79 Å². The highest BCUT2D eigenvalue weighted by Gasteiger charge is 2.10. The molecule has 0 atom stereocenters. The van der Waals surface area contributed by atoms with Crippen molar-refractivity contribution in [2.45, 2.75) is 20.0 Å². The molecule has 4 nitrogen and oxygen atoms in total. The van der Waals surface area contributed by atoms with Crippen molar-refractivity contribution >= 4 is 11.0 Å². The molecule has 0 aliphatic rings. The van der Waals surface area contributed by atoms with Crippen LogP contribution in [-0.2, 0) is 0 Å². The van der Waals surface area contributed by atoms with Crippen LogP contribution in [0.25, 0.3) is 22.5 Å². The molecule has 2 aromatic heterocycles. The van der Waals surface area contributed by atoms with Gasteiger partial charge in [0.05, 0.1) is 17.8 Å². The van der Waals surface area contributed by atoms with Crippen LogP contribution in [0.1, 0.15) is 13.8 Å². The van der Waals surface area contributed by atoms with Crippen LogP contribution < -0.4 is 10.2 Å². The van der Waals surface area contributed by atoms with E-state index in [-0.39, 0.29) is 11.5 Å². The van der Waals surface area contributed by atoms with Crippen LogP contribution in [-0.4, -0.2) is 6.10 Å². The number of fused-ring (bicyclic) bond motifs is 1. The fourth-order valence-corrected chi connectivity index (χ4v) is 2.02. The highest BCUT2D eigenvalue weighted by Crippen LogP contribution is 2.25. The summed E-state index contributed by atoms with van der Waals surface area (Å²) in [5.74, 6) is 1.61. The number of ether oxygens (including phenoxy) is 1. The molecule has 0 spiro atoms. The van der Waals surface area contributed by atoms with Gasteiger partial charge in [0.15, 0.2) is 16.9 Å². The molecule has 0 amide bonds. The standard InChI is InChI=1S/C16H14O4/c1-10(2)19-11-5-6-14-12(8-11)13(17)9-16(20-14)15-4-3-7-18-15/h3-10H,1-2H3. The zero-order valence-corrected chi connectivity index (χ0v) is 11.3. The summed E-state index contributed by atoms with van der Waals surface area (Å²) in [7, 11) is 0. The summed E-state index contributed by atoms with van der Waals surface area (Å²) in [6.45, 7) is 3.87. The van der Waals surface area contributed by atoms with E-state index in [0.717, 1.165) is 0 Å². The van der Waals surface area contributed by atoms with Gasteiger partial charge >= 0.3 is 0 Å². The molecule has 0 saturated carbocycles. The van der Waals surface area contributed by atoms with Crippen molar-refractivity contribution in [2.75, 3.05) is 0 Å². The third-order valence-corrected chi connectivity index (χ3v) is 2.83. The van der Waals surface area contributed by atoms with Gasteiger partial charge in [0.25, 0.3) is 0 Å². The maximum absolute atomic E-state index is 12.2. The second-order valence-electron chi connectivity index (χ2n) is 4.78. The molecule has 0 unspecified atom stereocenters. The number of hydrogen-bond donors (Lipinski definition) is 0. The Morgan fingerprint density at radius 2 is 1.95 bits per heavy atom. The van der Waals surface area contributed by atoms with E-state index < -0.39 is 0 Å². The Morgan fingerprint density at radius 3 is 2.65 bits per heavy atom. The zero-order valence-electron chi connectivity index (χ0n) is 11.3. The molecular weight excluding hydrogens is 256 g/mol. The maximum atomic E-state index is 12.2. The molecule has 1 aromatic carbocycles. The van der Waals surface area contributed by atoms with E-state index in [2.05, 4.69) is 0 Å². The van der Waals surface area contributed by atoms with E-state index in [1.165, 1.54) is 6.07 Å². The molecule has 0 aliphatic carbocycles. The SMILES string of the molecule is CC(C)Oc1ccc2oc(-c3ccco3)cc(=O)c2c1. The fraction of sp³-hybridized carbons (Fsp3) is 0.188. The van der Waals surface area contributed by atoms with Gasteiger partial charge in [-0.05, 0) is 44.2 Å². The monoisotopic (exact) mass is 270 g/mol. The van der Waals surface area contributed by atoms with Crippen LogP contribution in [0.3, 0.4) is 0 Å². The Kier molecular flexibility index (Phi) is 3.06. The first-order valence-corrected chi connectivity index (χ1v) is 6.42. The summed E-state index contributed by atoms with van der Waals surface area (Å²) >= 11 is 0. The van der Waals surface area contributed by atoms with Crippen molar-refractivity contribution in [2.24, 2.45) is 0 Å². The van der Waals surface area contributed by atoms with Crippen molar-refractivity contribution in [3.05, 3.63) is 52.9 Å². The molecular formula is C16H14O4. The van der Waals surface area contributed by atoms with E-state index in [9.17, 15) is 4.79 Å². The normalized spacial score (nSPS) is 11.2. The largest absolute Gasteiger partial charge is 0.491 e. The van der Waals surface area contributed by atoms with Gasteiger partial charge in [0, 0.05) is 6.07 Å². The molecule has 0 aliphatic heterocycles. The topological polar surface area (TPSA) is 52.6 Å². The van der Waals surface area contributed by atoms with Crippen molar-refractivity contribution in [1.29, 1.82) is 0 Å². The Morgan fingerprint density at radius 1 is 1.10 bits per heavy atom. The highest BCUT2D eigenvalue weighted by atomic mass is 16.5. The smallest absolute Gasteiger partial charge is 0.193 e. The average Bonchev–Trinajstić information content (AvgIpc) is 2.92. The molecule has 3 aromatic rings. The second kappa shape index (κ2) is 4.89. The summed E-state index contributed by atoms with van der Waals surface area (Å²) < 4.78 is 16.5. The van der Waals surface area contributed by atoms with Crippen LogP contribution in [0.5, 0.6) is 5.75 Å². The minimum Gasteiger partial charge on any atom is -0.491 e. The number of hydrogen-bond acceptors (Lipinski definition) is 4. The van der Waals surface area contributed by atoms with Crippen LogP contribution in [0.4, 0.5) is 0 Å². The van der Waals surface area contributed by atoms with Crippen LogP contribution in [0, 0.1) is 0 Å². The van der Waals surface area contributed by atoms with Gasteiger partial charge in [-0.25, -0.2) is 0 Å². The minimum atomic E-state index is -0.119. The maximum Gasteiger partial charge on any atom is 0.193 e. The van der Waals surface area contributed by atoms with E-state index in [1.54, 1.807) is 36.6 Å². The van der Waals surface area contributed by atoms with E-state index in [4.69, 9.17) is 13.6 Å². The molecule has 0 bridgehead atoms. The van der Waals surface area contributed by atoms with Gasteiger partial charge in [-0.1, -0.05) is 0 Å². The first kappa shape index (κ1) is 12.5. The lowest BCUT2D eigenvalue weighted by molar-refractivity contribution is 0.242. The second-order valence-corrected chi connectivity index (χ2v) is 4.78. The molecule has 2 heterocycles. The van der Waals surface area contributed by atoms with Crippen molar-refractivity contribution in [3.63, 3.8) is 0 Å². The van der Waals surface area contributed by atoms with E-state index in [1.807, 2.05) is 13.8 Å². The predicted octanol–water partition coefficient (Wildman–Crippen LogP) is 3.84. The Bertz CT molecular complexity index is 782. The van der Waals surface area contributed by atoms with Crippen molar-refractivity contribution < 1.29 is 13.6 Å². The summed E-state index contributed by atoms with van der Waals surface area (Å²) in [6.07, 6.45) is 1.60. The lowest BCUT2D eigenvalue weighted by atomic mass is 10.2. The third-order valence-electron chi connectivity index (χ3n) is 2.83. The molecule has 0 fully saturated rings. The molecule has 102 valence electrons. The Labute approximate surface area is 115 Å². The van der Waals surface area contributed by atoms with E-state index >= 15 is 0 Å². The third kappa shape index (κ3) is 2.32. The number of rotatable bonds is 3. The van der Waals surface area contributed by atoms with Crippen molar-refractivity contribution in [3.8, 4) is 17.3 Å². The molecule has 20 heavy (non-hydrogen) atoms. The van der Waals surface area contributed by atoms with Gasteiger partial charge in [0.1, 0.15) is 11.3 Å². The first-order chi connectivity index (χ1) is 9.63. The Hall–Kier alpha value is -2.49. The lowest BCUT2D eigenvalue weighted by Crippen LogP contribution is -2.06. The fourth-order valence-electron chi connectivity index (χ4n) is 2.02. The van der Waals surface area contributed by atoms with Gasteiger partial charge < -0.3 is 13.6 Å². The summed E-state index contributed by atoms with van der Waals surface area (Å²) in [5, 5.41) is 0.499. The zero-order chi connectivity index (χ0) is 14.1. The van der Waals surface area contributed by atoms with Gasteiger partial charge in [-0.2, -0.15) is 0 Å². The summed E-state index contributed by atoms with van der Waals surface area (Å²) in [6, 6.07) is 10.2. The molecule has 0 saturated heterocycles. The lowest BCUT2D eigenvalue weighted by Gasteiger charge is -2.10. The van der Waals surface area contributed by atoms with Gasteiger partial charge in [-0.15, -0.1) is 0 Å². The number of furan rings is 1. The quantitative estimate of drug-likeness (QED) is 0.725. The molecule has 4 heteroatoms. The van der Waals surface area contributed by atoms with Crippen LogP contribution >= 0.6 is 0 Å². The van der Waals surface area contributed by atoms with Gasteiger partial charge in [0.2, 0.25) is 0 Å². The average molecular weight is 270 g/mol. The minimum absolute atomic E-state index is 0.0573. The summed E-state index contributed by atoms with van der Waals surface area (Å²) in [4.78, 5) is 12.2. The molecule has 3 rings (SSSR count). The molecule has 0 N–H and O–H groups in total. The predicted molar refractivity (Wildman–Crippen MR) is 76.0 cm³/mol. The van der Waals surface area contributed by atoms with Crippen LogP contribution in [0.15, 0.2) is 56.3 Å². The molecule has 0 radical (unpaired) electrons. The van der Waals surface area contributed by atoms with Crippen molar-refractivity contribution in [1.82, 2.24) is 0 Å². The highest BCUT2D eigenvalue weighted by molar-refractivity contribution is 5.79. The van der Waals surface area contributed by atoms with E-state index in [0.29, 0.717) is 28.2 Å². The van der Waals surface area contributed by atoms with Crippen LogP contribution in [0.2, 0.25) is 0 Å². The first-order valence-electron chi connectivity index (χ1n) is 6.42.